The Morgan fingerprint density at radius 3 is 2.50 bits per heavy atom. The van der Waals surface area contributed by atoms with Gasteiger partial charge in [-0.1, -0.05) is 30.3 Å². The minimum Gasteiger partial charge on any atom is -0.493 e. The highest BCUT2D eigenvalue weighted by molar-refractivity contribution is 5.78. The smallest absolute Gasteiger partial charge is 0.326 e. The van der Waals surface area contributed by atoms with Gasteiger partial charge in [0.1, 0.15) is 42.1 Å². The Labute approximate surface area is 305 Å². The van der Waals surface area contributed by atoms with Gasteiger partial charge >= 0.3 is 5.97 Å². The maximum atomic E-state index is 11.8. The fourth-order valence-corrected chi connectivity index (χ4v) is 6.30. The summed E-state index contributed by atoms with van der Waals surface area (Å²) in [6.45, 7) is 10.6. The number of likely N-dealkylation sites (tertiary alicyclic amines) is 1. The van der Waals surface area contributed by atoms with Crippen molar-refractivity contribution in [2.24, 2.45) is 0 Å². The molecule has 1 unspecified atom stereocenters. The first-order chi connectivity index (χ1) is 25.0. The van der Waals surface area contributed by atoms with Gasteiger partial charge in [0.05, 0.1) is 24.9 Å². The molecule has 1 aliphatic rings. The van der Waals surface area contributed by atoms with Gasteiger partial charge in [-0.05, 0) is 92.1 Å². The molecule has 0 saturated carbocycles. The largest absolute Gasteiger partial charge is 0.493 e. The molecule has 0 bridgehead atoms. The molecule has 11 nitrogen and oxygen atoms in total. The van der Waals surface area contributed by atoms with Crippen molar-refractivity contribution in [3.63, 3.8) is 0 Å². The molecule has 4 N–H and O–H groups in total. The van der Waals surface area contributed by atoms with Gasteiger partial charge in [-0.15, -0.1) is 0 Å². The van der Waals surface area contributed by atoms with Gasteiger partial charge < -0.3 is 34.4 Å². The minimum atomic E-state index is -1.55. The zero-order chi connectivity index (χ0) is 37.3. The normalized spacial score (nSPS) is 15.5. The molecule has 1 fully saturated rings. The number of aromatic nitrogens is 1. The van der Waals surface area contributed by atoms with Crippen LogP contribution in [0.3, 0.4) is 0 Å². The Morgan fingerprint density at radius 1 is 1.02 bits per heavy atom. The Balaban J connectivity index is 1.32. The number of pyridine rings is 1. The number of rotatable bonds is 17. The number of nitriles is 1. The number of benzene rings is 3. The van der Waals surface area contributed by atoms with Crippen molar-refractivity contribution in [2.75, 3.05) is 32.8 Å². The van der Waals surface area contributed by atoms with E-state index in [1.54, 1.807) is 18.3 Å². The molecule has 0 amide bonds. The van der Waals surface area contributed by atoms with Crippen LogP contribution >= 0.6 is 0 Å². The van der Waals surface area contributed by atoms with Gasteiger partial charge in [0, 0.05) is 55.8 Å². The lowest BCUT2D eigenvalue weighted by Crippen LogP contribution is -2.52. The minimum absolute atomic E-state index is 0.118. The summed E-state index contributed by atoms with van der Waals surface area (Å²) in [6.07, 6.45) is 4.62. The maximum Gasteiger partial charge on any atom is 0.326 e. The Bertz CT molecular complexity index is 1910. The van der Waals surface area contributed by atoms with Gasteiger partial charge in [-0.3, -0.25) is 15.1 Å². The van der Waals surface area contributed by atoms with Crippen LogP contribution in [0.5, 0.6) is 17.2 Å². The number of aryl methyl sites for hydroxylation is 1. The van der Waals surface area contributed by atoms with E-state index >= 15 is 0 Å². The van der Waals surface area contributed by atoms with Gasteiger partial charge in [0.25, 0.3) is 0 Å². The molecular formula is C41H48N4O7. The number of carboxylic acid groups (broad SMARTS) is 1. The molecule has 1 aliphatic heterocycles. The molecule has 3 aromatic carbocycles. The van der Waals surface area contributed by atoms with Crippen LogP contribution in [-0.2, 0) is 24.6 Å². The van der Waals surface area contributed by atoms with E-state index in [2.05, 4.69) is 47.3 Å². The molecular weight excluding hydrogens is 660 g/mol. The molecule has 2 atom stereocenters. The van der Waals surface area contributed by atoms with E-state index in [0.29, 0.717) is 41.4 Å². The van der Waals surface area contributed by atoms with Crippen LogP contribution < -0.4 is 19.5 Å². The third-order valence-electron chi connectivity index (χ3n) is 9.71. The van der Waals surface area contributed by atoms with Crippen molar-refractivity contribution in [3.8, 4) is 34.4 Å². The van der Waals surface area contributed by atoms with Crippen molar-refractivity contribution in [1.82, 2.24) is 15.2 Å². The highest BCUT2D eigenvalue weighted by Crippen LogP contribution is 2.35. The molecule has 5 rings (SSSR count). The highest BCUT2D eigenvalue weighted by atomic mass is 16.5. The second-order valence-corrected chi connectivity index (χ2v) is 13.6. The summed E-state index contributed by atoms with van der Waals surface area (Å²) in [4.78, 5) is 18.2. The van der Waals surface area contributed by atoms with Crippen LogP contribution in [0.1, 0.15) is 58.7 Å². The summed E-state index contributed by atoms with van der Waals surface area (Å²) >= 11 is 0. The van der Waals surface area contributed by atoms with E-state index in [0.717, 1.165) is 71.6 Å². The van der Waals surface area contributed by atoms with Crippen LogP contribution in [0.15, 0.2) is 67.0 Å². The number of ether oxygens (including phenoxy) is 3. The van der Waals surface area contributed by atoms with E-state index in [-0.39, 0.29) is 19.3 Å². The number of hydrogen-bond acceptors (Lipinski definition) is 10. The fraction of sp³-hybridized carbons (Fsp3) is 0.390. The zero-order valence-electron chi connectivity index (χ0n) is 30.3. The lowest BCUT2D eigenvalue weighted by Gasteiger charge is -2.25. The van der Waals surface area contributed by atoms with Crippen LogP contribution in [0, 0.1) is 32.1 Å². The van der Waals surface area contributed by atoms with Crippen LogP contribution in [-0.4, -0.2) is 75.7 Å². The Hall–Kier alpha value is -4.99. The number of carboxylic acids is 1. The summed E-state index contributed by atoms with van der Waals surface area (Å²) in [6, 6.07) is 19.7. The Kier molecular flexibility index (Phi) is 12.9. The molecule has 0 radical (unpaired) electrons. The van der Waals surface area contributed by atoms with E-state index < -0.39 is 18.1 Å². The van der Waals surface area contributed by atoms with Gasteiger partial charge in [0.2, 0.25) is 0 Å². The number of aliphatic hydroxyl groups is 2. The van der Waals surface area contributed by atoms with Crippen LogP contribution in [0.4, 0.5) is 0 Å². The second-order valence-electron chi connectivity index (χ2n) is 13.6. The first-order valence-electron chi connectivity index (χ1n) is 17.6. The molecule has 2 heterocycles. The first kappa shape index (κ1) is 38.2. The quantitative estimate of drug-likeness (QED) is 0.103. The number of carbonyl (C=O) groups is 1. The summed E-state index contributed by atoms with van der Waals surface area (Å²) in [5.74, 6) is 0.738. The number of β-amino-alcohol motifs (C(OH)–C–C–N with tert-alkyl or cyclic N) is 1. The molecule has 11 heteroatoms. The lowest BCUT2D eigenvalue weighted by molar-refractivity contribution is -0.145. The van der Waals surface area contributed by atoms with E-state index in [9.17, 15) is 25.4 Å². The second kappa shape index (κ2) is 17.5. The average molecular weight is 709 g/mol. The molecule has 1 saturated heterocycles. The summed E-state index contributed by atoms with van der Waals surface area (Å²) < 4.78 is 18.8. The molecule has 4 aromatic rings. The predicted octanol–water partition coefficient (Wildman–Crippen LogP) is 5.46. The first-order valence-corrected chi connectivity index (χ1v) is 17.6. The monoisotopic (exact) mass is 708 g/mol. The van der Waals surface area contributed by atoms with E-state index in [4.69, 9.17) is 14.2 Å². The van der Waals surface area contributed by atoms with Crippen molar-refractivity contribution in [1.29, 1.82) is 5.26 Å². The highest BCUT2D eigenvalue weighted by Gasteiger charge is 2.32. The zero-order valence-corrected chi connectivity index (χ0v) is 30.3. The average Bonchev–Trinajstić information content (AvgIpc) is 3.56. The lowest BCUT2D eigenvalue weighted by atomic mass is 9.93. The van der Waals surface area contributed by atoms with E-state index in [1.165, 1.54) is 13.1 Å². The van der Waals surface area contributed by atoms with Gasteiger partial charge in [0.15, 0.2) is 0 Å². The Morgan fingerprint density at radius 2 is 1.79 bits per heavy atom. The van der Waals surface area contributed by atoms with Gasteiger partial charge in [-0.2, -0.15) is 5.26 Å². The fourth-order valence-electron chi connectivity index (χ4n) is 6.30. The van der Waals surface area contributed by atoms with Crippen molar-refractivity contribution in [3.05, 3.63) is 106 Å². The number of aliphatic hydroxyl groups excluding tert-OH is 2. The number of nitrogens with one attached hydrogen (secondary N) is 1. The summed E-state index contributed by atoms with van der Waals surface area (Å²) in [7, 11) is 0. The summed E-state index contributed by atoms with van der Waals surface area (Å²) in [5.41, 5.74) is 6.45. The standard InChI is InChI=1S/C41H48N4O7/c1-27-16-34(18-39(37(27)22-44-41(4,26-46)40(48)49)52-24-31-17-30(19-42)20-43-21-31)51-25-32-8-5-9-35(28(32)2)36-10-6-11-38(29(36)3)50-15-7-13-45-14-12-33(47)23-45/h5-6,8-11,16-18,20-21,33,44,46-47H,7,12-15,22-26H2,1-4H3,(H,48,49)/t33-,41?/m1/s1. The third-order valence-corrected chi connectivity index (χ3v) is 9.71. The molecule has 0 aliphatic carbocycles. The van der Waals surface area contributed by atoms with Crippen molar-refractivity contribution < 1.29 is 34.3 Å². The molecule has 0 spiro atoms. The summed E-state index contributed by atoms with van der Waals surface area (Å²) in [5, 5.41) is 41.5. The number of aliphatic carboxylic acids is 1. The third kappa shape index (κ3) is 9.46. The maximum absolute atomic E-state index is 11.8. The predicted molar refractivity (Wildman–Crippen MR) is 197 cm³/mol. The number of hydrogen-bond donors (Lipinski definition) is 4. The topological polar surface area (TPSA) is 157 Å². The van der Waals surface area contributed by atoms with E-state index in [1.807, 2.05) is 37.3 Å². The van der Waals surface area contributed by atoms with Crippen molar-refractivity contribution >= 4 is 5.97 Å². The molecule has 274 valence electrons. The van der Waals surface area contributed by atoms with Crippen LogP contribution in [0.2, 0.25) is 0 Å². The van der Waals surface area contributed by atoms with Gasteiger partial charge in [-0.25, -0.2) is 0 Å². The van der Waals surface area contributed by atoms with Crippen molar-refractivity contribution in [2.45, 2.75) is 71.9 Å². The van der Waals surface area contributed by atoms with Crippen LogP contribution in [0.25, 0.3) is 11.1 Å². The SMILES string of the molecule is Cc1cc(OCc2cccc(-c3cccc(OCCCN4CC[C@@H](O)C4)c3C)c2C)cc(OCc2cncc(C#N)c2)c1CNC(C)(CO)C(=O)O. The molecule has 1 aromatic heterocycles. The number of nitrogens with zero attached hydrogens (tertiary/aromatic N) is 3. The molecule has 52 heavy (non-hydrogen) atoms.